The van der Waals surface area contributed by atoms with Gasteiger partial charge in [-0.25, -0.2) is 9.97 Å². The summed E-state index contributed by atoms with van der Waals surface area (Å²) in [6.07, 6.45) is 4.57. The van der Waals surface area contributed by atoms with Crippen LogP contribution in [-0.2, 0) is 0 Å². The van der Waals surface area contributed by atoms with Crippen LogP contribution in [0.25, 0.3) is 22.3 Å². The lowest BCUT2D eigenvalue weighted by atomic mass is 10.0. The number of aliphatic hydroxyl groups excluding tert-OH is 1. The SMILES string of the molecule is CC(C)C[C@@H](CO)Nc1cccc(-c2ccnc3[nH]ccc23)n1. The Bertz CT molecular complexity index is 781. The number of fused-ring (bicyclic) bond motifs is 1. The van der Waals surface area contributed by atoms with E-state index >= 15 is 0 Å². The predicted molar refractivity (Wildman–Crippen MR) is 93.3 cm³/mol. The Kier molecular flexibility index (Phi) is 4.57. The molecule has 120 valence electrons. The highest BCUT2D eigenvalue weighted by Gasteiger charge is 2.12. The standard InChI is InChI=1S/C18H22N4O/c1-12(2)10-13(11-23)21-17-5-3-4-16(22-17)14-6-8-19-18-15(14)7-9-20-18/h3-9,12-13,23H,10-11H2,1-2H3,(H,19,20)(H,21,22)/t13-/m0/s1. The zero-order valence-electron chi connectivity index (χ0n) is 13.5. The molecule has 0 aliphatic heterocycles. The van der Waals surface area contributed by atoms with Crippen LogP contribution in [0.3, 0.4) is 0 Å². The van der Waals surface area contributed by atoms with Crippen molar-refractivity contribution in [1.82, 2.24) is 15.0 Å². The Balaban J connectivity index is 1.89. The van der Waals surface area contributed by atoms with Crippen molar-refractivity contribution in [2.45, 2.75) is 26.3 Å². The van der Waals surface area contributed by atoms with Gasteiger partial charge in [-0.15, -0.1) is 0 Å². The van der Waals surface area contributed by atoms with E-state index < -0.39 is 0 Å². The van der Waals surface area contributed by atoms with Gasteiger partial charge in [0.25, 0.3) is 0 Å². The summed E-state index contributed by atoms with van der Waals surface area (Å²) in [4.78, 5) is 12.1. The highest BCUT2D eigenvalue weighted by molar-refractivity contribution is 5.91. The van der Waals surface area contributed by atoms with E-state index in [2.05, 4.69) is 29.1 Å². The number of hydrogen-bond acceptors (Lipinski definition) is 4. The molecule has 5 nitrogen and oxygen atoms in total. The lowest BCUT2D eigenvalue weighted by molar-refractivity contribution is 0.259. The first-order valence-electron chi connectivity index (χ1n) is 7.94. The van der Waals surface area contributed by atoms with E-state index in [1.54, 1.807) is 6.20 Å². The lowest BCUT2D eigenvalue weighted by Crippen LogP contribution is -2.26. The number of hydrogen-bond donors (Lipinski definition) is 3. The van der Waals surface area contributed by atoms with Gasteiger partial charge in [0.05, 0.1) is 18.3 Å². The van der Waals surface area contributed by atoms with Crippen molar-refractivity contribution in [3.05, 3.63) is 42.7 Å². The Labute approximate surface area is 135 Å². The zero-order valence-corrected chi connectivity index (χ0v) is 13.5. The monoisotopic (exact) mass is 310 g/mol. The van der Waals surface area contributed by atoms with Crippen LogP contribution in [-0.4, -0.2) is 32.7 Å². The molecule has 0 amide bonds. The minimum atomic E-state index is 0.0162. The van der Waals surface area contributed by atoms with E-state index in [9.17, 15) is 5.11 Å². The van der Waals surface area contributed by atoms with Crippen molar-refractivity contribution in [3.8, 4) is 11.3 Å². The number of H-pyrrole nitrogens is 1. The molecule has 0 unspecified atom stereocenters. The molecule has 0 radical (unpaired) electrons. The second-order valence-corrected chi connectivity index (χ2v) is 6.16. The molecule has 23 heavy (non-hydrogen) atoms. The summed E-state index contributed by atoms with van der Waals surface area (Å²) in [5.74, 6) is 1.30. The molecule has 0 aromatic carbocycles. The third kappa shape index (κ3) is 3.51. The lowest BCUT2D eigenvalue weighted by Gasteiger charge is -2.19. The minimum absolute atomic E-state index is 0.0162. The average Bonchev–Trinajstić information content (AvgIpc) is 3.02. The fourth-order valence-corrected chi connectivity index (χ4v) is 2.81. The molecule has 3 rings (SSSR count). The smallest absolute Gasteiger partial charge is 0.137 e. The van der Waals surface area contributed by atoms with Crippen LogP contribution in [0.1, 0.15) is 20.3 Å². The van der Waals surface area contributed by atoms with Crippen LogP contribution < -0.4 is 5.32 Å². The highest BCUT2D eigenvalue weighted by atomic mass is 16.3. The molecule has 5 heteroatoms. The van der Waals surface area contributed by atoms with Gasteiger partial charge in [-0.05, 0) is 36.6 Å². The quantitative estimate of drug-likeness (QED) is 0.652. The van der Waals surface area contributed by atoms with Gasteiger partial charge in [-0.1, -0.05) is 19.9 Å². The molecular weight excluding hydrogens is 288 g/mol. The largest absolute Gasteiger partial charge is 0.394 e. The third-order valence-corrected chi connectivity index (χ3v) is 3.81. The Morgan fingerprint density at radius 2 is 2.09 bits per heavy atom. The molecule has 3 aromatic rings. The van der Waals surface area contributed by atoms with Gasteiger partial charge in [0.15, 0.2) is 0 Å². The third-order valence-electron chi connectivity index (χ3n) is 3.81. The summed E-state index contributed by atoms with van der Waals surface area (Å²) in [6, 6.07) is 9.90. The van der Waals surface area contributed by atoms with Crippen LogP contribution >= 0.6 is 0 Å². The molecule has 0 spiro atoms. The van der Waals surface area contributed by atoms with Crippen LogP contribution in [0, 0.1) is 5.92 Å². The van der Waals surface area contributed by atoms with E-state index in [4.69, 9.17) is 4.98 Å². The number of nitrogens with one attached hydrogen (secondary N) is 2. The molecule has 0 fully saturated rings. The maximum atomic E-state index is 9.53. The number of aromatic amines is 1. The summed E-state index contributed by atoms with van der Waals surface area (Å²) in [5, 5.41) is 13.9. The Morgan fingerprint density at radius 1 is 1.22 bits per heavy atom. The first kappa shape index (κ1) is 15.5. The van der Waals surface area contributed by atoms with E-state index in [0.717, 1.165) is 34.5 Å². The van der Waals surface area contributed by atoms with Gasteiger partial charge in [-0.2, -0.15) is 0 Å². The first-order chi connectivity index (χ1) is 11.2. The number of rotatable bonds is 6. The second kappa shape index (κ2) is 6.79. The predicted octanol–water partition coefficient (Wildman–Crippen LogP) is 3.44. The van der Waals surface area contributed by atoms with Crippen molar-refractivity contribution in [2.24, 2.45) is 5.92 Å². The summed E-state index contributed by atoms with van der Waals surface area (Å²) in [5.41, 5.74) is 2.79. The number of aliphatic hydroxyl groups is 1. The fraction of sp³-hybridized carbons (Fsp3) is 0.333. The summed E-state index contributed by atoms with van der Waals surface area (Å²) in [6.45, 7) is 4.39. The summed E-state index contributed by atoms with van der Waals surface area (Å²) in [7, 11) is 0. The Hall–Kier alpha value is -2.40. The summed E-state index contributed by atoms with van der Waals surface area (Å²) < 4.78 is 0. The van der Waals surface area contributed by atoms with E-state index in [1.807, 2.05) is 36.5 Å². The molecule has 3 heterocycles. The van der Waals surface area contributed by atoms with Gasteiger partial charge in [0.2, 0.25) is 0 Å². The molecular formula is C18H22N4O. The Morgan fingerprint density at radius 3 is 2.87 bits per heavy atom. The molecule has 1 atom stereocenters. The first-order valence-corrected chi connectivity index (χ1v) is 7.94. The molecule has 3 N–H and O–H groups in total. The maximum Gasteiger partial charge on any atom is 0.137 e. The van der Waals surface area contributed by atoms with Gasteiger partial charge in [-0.3, -0.25) is 0 Å². The average molecular weight is 310 g/mol. The highest BCUT2D eigenvalue weighted by Crippen LogP contribution is 2.26. The number of anilines is 1. The van der Waals surface area contributed by atoms with Crippen LogP contribution in [0.15, 0.2) is 42.7 Å². The minimum Gasteiger partial charge on any atom is -0.394 e. The normalized spacial score (nSPS) is 12.7. The molecule has 0 aliphatic rings. The van der Waals surface area contributed by atoms with E-state index in [1.165, 1.54) is 0 Å². The van der Waals surface area contributed by atoms with E-state index in [-0.39, 0.29) is 12.6 Å². The van der Waals surface area contributed by atoms with Gasteiger partial charge in [0.1, 0.15) is 11.5 Å². The number of pyridine rings is 2. The second-order valence-electron chi connectivity index (χ2n) is 6.16. The fourth-order valence-electron chi connectivity index (χ4n) is 2.81. The summed E-state index contributed by atoms with van der Waals surface area (Å²) >= 11 is 0. The van der Waals surface area contributed by atoms with Gasteiger partial charge in [0, 0.05) is 23.3 Å². The van der Waals surface area contributed by atoms with Crippen molar-refractivity contribution in [1.29, 1.82) is 0 Å². The zero-order chi connectivity index (χ0) is 16.2. The number of aromatic nitrogens is 3. The van der Waals surface area contributed by atoms with Crippen molar-refractivity contribution < 1.29 is 5.11 Å². The van der Waals surface area contributed by atoms with Crippen molar-refractivity contribution in [3.63, 3.8) is 0 Å². The number of nitrogens with zero attached hydrogens (tertiary/aromatic N) is 2. The van der Waals surface area contributed by atoms with Crippen LogP contribution in [0.5, 0.6) is 0 Å². The molecule has 0 saturated carbocycles. The van der Waals surface area contributed by atoms with E-state index in [0.29, 0.717) is 5.92 Å². The molecule has 0 aliphatic carbocycles. The molecule has 0 bridgehead atoms. The molecule has 3 aromatic heterocycles. The molecule has 0 saturated heterocycles. The van der Waals surface area contributed by atoms with Gasteiger partial charge >= 0.3 is 0 Å². The van der Waals surface area contributed by atoms with Crippen molar-refractivity contribution >= 4 is 16.9 Å². The topological polar surface area (TPSA) is 73.8 Å². The maximum absolute atomic E-state index is 9.53. The van der Waals surface area contributed by atoms with Crippen molar-refractivity contribution in [2.75, 3.05) is 11.9 Å². The van der Waals surface area contributed by atoms with Crippen LogP contribution in [0.4, 0.5) is 5.82 Å². The van der Waals surface area contributed by atoms with Crippen LogP contribution in [0.2, 0.25) is 0 Å². The van der Waals surface area contributed by atoms with Gasteiger partial charge < -0.3 is 15.4 Å².